The molecule has 2 amide bonds. The van der Waals surface area contributed by atoms with Crippen LogP contribution in [0.2, 0.25) is 0 Å². The molecule has 7 heteroatoms. The van der Waals surface area contributed by atoms with Gasteiger partial charge >= 0.3 is 5.97 Å². The summed E-state index contributed by atoms with van der Waals surface area (Å²) in [5, 5.41) is 13.4. The minimum Gasteiger partial charge on any atom is -0.481 e. The summed E-state index contributed by atoms with van der Waals surface area (Å²) >= 11 is 0. The number of nitrogens with one attached hydrogen (secondary N) is 2. The van der Waals surface area contributed by atoms with Gasteiger partial charge in [-0.25, -0.2) is 0 Å². The van der Waals surface area contributed by atoms with Gasteiger partial charge in [0.1, 0.15) is 0 Å². The van der Waals surface area contributed by atoms with Gasteiger partial charge in [-0.05, 0) is 13.8 Å². The average molecular weight is 245 g/mol. The molecule has 0 aliphatic rings. The first-order valence-corrected chi connectivity index (χ1v) is 5.18. The number of carbonyl (C=O) groups excluding carboxylic acids is 2. The van der Waals surface area contributed by atoms with Crippen LogP contribution in [0.1, 0.15) is 20.3 Å². The predicted octanol–water partition coefficient (Wildman–Crippen LogP) is -1.32. The van der Waals surface area contributed by atoms with Crippen molar-refractivity contribution in [3.05, 3.63) is 0 Å². The summed E-state index contributed by atoms with van der Waals surface area (Å²) in [5.74, 6) is -1.94. The summed E-state index contributed by atoms with van der Waals surface area (Å²) in [6, 6.07) is -1.10. The molecule has 17 heavy (non-hydrogen) atoms. The topological polar surface area (TPSA) is 122 Å². The second-order valence-electron chi connectivity index (χ2n) is 4.39. The van der Waals surface area contributed by atoms with E-state index in [1.165, 1.54) is 7.05 Å². The Balaban J connectivity index is 4.24. The Bertz CT molecular complexity index is 315. The van der Waals surface area contributed by atoms with E-state index in [9.17, 15) is 14.4 Å². The molecule has 0 bridgehead atoms. The highest BCUT2D eigenvalue weighted by Gasteiger charge is 2.28. The quantitative estimate of drug-likeness (QED) is 0.462. The van der Waals surface area contributed by atoms with E-state index in [0.717, 1.165) is 0 Å². The maximum Gasteiger partial charge on any atom is 0.305 e. The molecule has 1 unspecified atom stereocenters. The standard InChI is InChI=1S/C10H19N3O4/c1-10(2,9(17)12-3)5-13-8(16)6(11)4-7(14)15/h6H,4-5,11H2,1-3H3,(H,12,17)(H,13,16)(H,14,15). The molecule has 0 fully saturated rings. The van der Waals surface area contributed by atoms with Gasteiger partial charge in [0.05, 0.1) is 17.9 Å². The van der Waals surface area contributed by atoms with Gasteiger partial charge in [0.15, 0.2) is 0 Å². The lowest BCUT2D eigenvalue weighted by Crippen LogP contribution is -2.48. The van der Waals surface area contributed by atoms with Crippen LogP contribution in [-0.4, -0.2) is 42.5 Å². The molecule has 0 aromatic carbocycles. The van der Waals surface area contributed by atoms with E-state index in [0.29, 0.717) is 0 Å². The van der Waals surface area contributed by atoms with Crippen LogP contribution in [0.5, 0.6) is 0 Å². The Labute approximate surface area is 99.7 Å². The zero-order valence-electron chi connectivity index (χ0n) is 10.2. The number of nitrogens with two attached hydrogens (primary N) is 1. The van der Waals surface area contributed by atoms with Gasteiger partial charge in [-0.1, -0.05) is 0 Å². The number of carboxylic acid groups (broad SMARTS) is 1. The van der Waals surface area contributed by atoms with Gasteiger partial charge in [0, 0.05) is 13.6 Å². The second kappa shape index (κ2) is 6.19. The Morgan fingerprint density at radius 2 is 1.88 bits per heavy atom. The highest BCUT2D eigenvalue weighted by Crippen LogP contribution is 2.13. The van der Waals surface area contributed by atoms with Crippen LogP contribution in [0.3, 0.4) is 0 Å². The van der Waals surface area contributed by atoms with Crippen molar-refractivity contribution in [2.45, 2.75) is 26.3 Å². The Kier molecular flexibility index (Phi) is 5.60. The molecule has 1 atom stereocenters. The van der Waals surface area contributed by atoms with Gasteiger partial charge < -0.3 is 21.5 Å². The van der Waals surface area contributed by atoms with Crippen molar-refractivity contribution in [3.8, 4) is 0 Å². The molecule has 0 spiro atoms. The van der Waals surface area contributed by atoms with Crippen LogP contribution in [0.25, 0.3) is 0 Å². The summed E-state index contributed by atoms with van der Waals surface area (Å²) in [6.45, 7) is 3.42. The first-order chi connectivity index (χ1) is 7.70. The number of carbonyl (C=O) groups is 3. The van der Waals surface area contributed by atoms with E-state index in [2.05, 4.69) is 10.6 Å². The largest absolute Gasteiger partial charge is 0.481 e. The van der Waals surface area contributed by atoms with Crippen molar-refractivity contribution in [1.82, 2.24) is 10.6 Å². The third kappa shape index (κ3) is 5.30. The smallest absolute Gasteiger partial charge is 0.305 e. The SMILES string of the molecule is CNC(=O)C(C)(C)CNC(=O)C(N)CC(=O)O. The summed E-state index contributed by atoms with van der Waals surface area (Å²) in [4.78, 5) is 33.2. The molecule has 0 aromatic rings. The van der Waals surface area contributed by atoms with E-state index in [4.69, 9.17) is 10.8 Å². The van der Waals surface area contributed by atoms with Crippen molar-refractivity contribution in [1.29, 1.82) is 0 Å². The number of amides is 2. The number of carboxylic acids is 1. The fourth-order valence-electron chi connectivity index (χ4n) is 1.14. The molecular formula is C10H19N3O4. The third-order valence-electron chi connectivity index (χ3n) is 2.28. The fraction of sp³-hybridized carbons (Fsp3) is 0.700. The highest BCUT2D eigenvalue weighted by atomic mass is 16.4. The average Bonchev–Trinajstić information content (AvgIpc) is 2.23. The van der Waals surface area contributed by atoms with Crippen LogP contribution >= 0.6 is 0 Å². The number of hydrogen-bond donors (Lipinski definition) is 4. The maximum absolute atomic E-state index is 11.4. The molecule has 0 aromatic heterocycles. The van der Waals surface area contributed by atoms with Crippen LogP contribution in [0.4, 0.5) is 0 Å². The molecular weight excluding hydrogens is 226 g/mol. The minimum atomic E-state index is -1.14. The van der Waals surface area contributed by atoms with Gasteiger partial charge in [-0.3, -0.25) is 14.4 Å². The molecule has 7 nitrogen and oxygen atoms in total. The van der Waals surface area contributed by atoms with Crippen molar-refractivity contribution in [2.75, 3.05) is 13.6 Å². The van der Waals surface area contributed by atoms with Crippen LogP contribution < -0.4 is 16.4 Å². The van der Waals surface area contributed by atoms with Gasteiger partial charge in [-0.2, -0.15) is 0 Å². The fourth-order valence-corrected chi connectivity index (χ4v) is 1.14. The van der Waals surface area contributed by atoms with Crippen molar-refractivity contribution in [2.24, 2.45) is 11.1 Å². The molecule has 0 aliphatic carbocycles. The number of rotatable bonds is 6. The molecule has 0 radical (unpaired) electrons. The number of aliphatic carboxylic acids is 1. The third-order valence-corrected chi connectivity index (χ3v) is 2.28. The minimum absolute atomic E-state index is 0.0961. The second-order valence-corrected chi connectivity index (χ2v) is 4.39. The molecule has 0 aliphatic heterocycles. The predicted molar refractivity (Wildman–Crippen MR) is 61.1 cm³/mol. The normalized spacial score (nSPS) is 12.7. The maximum atomic E-state index is 11.4. The Morgan fingerprint density at radius 3 is 2.29 bits per heavy atom. The Hall–Kier alpha value is -1.63. The van der Waals surface area contributed by atoms with Crippen LogP contribution in [0.15, 0.2) is 0 Å². The lowest BCUT2D eigenvalue weighted by molar-refractivity contribution is -0.139. The van der Waals surface area contributed by atoms with E-state index in [1.807, 2.05) is 0 Å². The lowest BCUT2D eigenvalue weighted by Gasteiger charge is -2.23. The van der Waals surface area contributed by atoms with E-state index in [-0.39, 0.29) is 12.5 Å². The summed E-state index contributed by atoms with van der Waals surface area (Å²) in [5.41, 5.74) is 4.59. The summed E-state index contributed by atoms with van der Waals surface area (Å²) < 4.78 is 0. The zero-order valence-corrected chi connectivity index (χ0v) is 10.2. The monoisotopic (exact) mass is 245 g/mol. The summed E-state index contributed by atoms with van der Waals surface area (Å²) in [7, 11) is 1.50. The number of hydrogen-bond acceptors (Lipinski definition) is 4. The molecule has 0 saturated heterocycles. The van der Waals surface area contributed by atoms with Crippen LogP contribution in [-0.2, 0) is 14.4 Å². The van der Waals surface area contributed by atoms with E-state index in [1.54, 1.807) is 13.8 Å². The highest BCUT2D eigenvalue weighted by molar-refractivity contribution is 5.87. The molecule has 0 heterocycles. The van der Waals surface area contributed by atoms with E-state index < -0.39 is 29.8 Å². The molecule has 0 saturated carbocycles. The van der Waals surface area contributed by atoms with Crippen molar-refractivity contribution in [3.63, 3.8) is 0 Å². The first kappa shape index (κ1) is 15.4. The first-order valence-electron chi connectivity index (χ1n) is 5.18. The van der Waals surface area contributed by atoms with Crippen molar-refractivity contribution >= 4 is 17.8 Å². The lowest BCUT2D eigenvalue weighted by atomic mass is 9.92. The van der Waals surface area contributed by atoms with E-state index >= 15 is 0 Å². The van der Waals surface area contributed by atoms with Gasteiger partial charge in [0.25, 0.3) is 0 Å². The molecule has 98 valence electrons. The zero-order chi connectivity index (χ0) is 13.6. The summed E-state index contributed by atoms with van der Waals surface area (Å²) in [6.07, 6.45) is -0.438. The molecule has 0 rings (SSSR count). The Morgan fingerprint density at radius 1 is 1.35 bits per heavy atom. The van der Waals surface area contributed by atoms with Crippen molar-refractivity contribution < 1.29 is 19.5 Å². The van der Waals surface area contributed by atoms with Gasteiger partial charge in [-0.15, -0.1) is 0 Å². The van der Waals surface area contributed by atoms with Crippen LogP contribution in [0, 0.1) is 5.41 Å². The van der Waals surface area contributed by atoms with Gasteiger partial charge in [0.2, 0.25) is 11.8 Å². The molecule has 5 N–H and O–H groups in total.